The van der Waals surface area contributed by atoms with Gasteiger partial charge in [0.05, 0.1) is 6.61 Å². The highest BCUT2D eigenvalue weighted by Crippen LogP contribution is 2.17. The molecule has 0 fully saturated rings. The van der Waals surface area contributed by atoms with Crippen molar-refractivity contribution in [2.45, 2.75) is 20.3 Å². The Kier molecular flexibility index (Phi) is 7.04. The molecule has 1 aromatic carbocycles. The van der Waals surface area contributed by atoms with E-state index in [2.05, 4.69) is 10.2 Å². The Morgan fingerprint density at radius 1 is 1.40 bits per heavy atom. The first-order valence-corrected chi connectivity index (χ1v) is 6.95. The summed E-state index contributed by atoms with van der Waals surface area (Å²) in [6.45, 7) is 6.88. The number of ether oxygens (including phenoxy) is 1. The van der Waals surface area contributed by atoms with Crippen LogP contribution in [0, 0.1) is 6.92 Å². The number of nitrogens with two attached hydrogens (primary N) is 1. The fraction of sp³-hybridized carbons (Fsp3) is 0.533. The molecule has 0 heterocycles. The van der Waals surface area contributed by atoms with Gasteiger partial charge in [-0.2, -0.15) is 0 Å². The highest BCUT2D eigenvalue weighted by Gasteiger charge is 2.07. The predicted molar refractivity (Wildman–Crippen MR) is 82.8 cm³/mol. The van der Waals surface area contributed by atoms with E-state index in [-0.39, 0.29) is 5.91 Å². The van der Waals surface area contributed by atoms with E-state index in [4.69, 9.17) is 10.5 Å². The molecule has 5 nitrogen and oxygen atoms in total. The Balaban J connectivity index is 2.33. The number of amides is 1. The Hall–Kier alpha value is -1.59. The van der Waals surface area contributed by atoms with Crippen LogP contribution in [0.2, 0.25) is 0 Å². The lowest BCUT2D eigenvalue weighted by Crippen LogP contribution is -2.27. The molecule has 0 unspecified atom stereocenters. The molecule has 0 aliphatic heterocycles. The van der Waals surface area contributed by atoms with Crippen molar-refractivity contribution < 1.29 is 9.53 Å². The molecule has 3 N–H and O–H groups in total. The van der Waals surface area contributed by atoms with Crippen molar-refractivity contribution >= 4 is 17.3 Å². The van der Waals surface area contributed by atoms with Gasteiger partial charge in [0.1, 0.15) is 0 Å². The van der Waals surface area contributed by atoms with Gasteiger partial charge in [-0.25, -0.2) is 0 Å². The number of hydrogen-bond acceptors (Lipinski definition) is 4. The van der Waals surface area contributed by atoms with Gasteiger partial charge in [0, 0.05) is 37.5 Å². The van der Waals surface area contributed by atoms with Crippen LogP contribution >= 0.6 is 0 Å². The molecule has 0 aromatic heterocycles. The van der Waals surface area contributed by atoms with E-state index in [1.54, 1.807) is 6.07 Å². The minimum Gasteiger partial charge on any atom is -0.399 e. The Morgan fingerprint density at radius 3 is 2.80 bits per heavy atom. The van der Waals surface area contributed by atoms with Crippen molar-refractivity contribution in [1.82, 2.24) is 4.90 Å². The minimum absolute atomic E-state index is 0.0149. The van der Waals surface area contributed by atoms with Crippen molar-refractivity contribution in [3.63, 3.8) is 0 Å². The number of nitrogen functional groups attached to an aromatic ring is 1. The Morgan fingerprint density at radius 2 is 2.15 bits per heavy atom. The van der Waals surface area contributed by atoms with Gasteiger partial charge in [0.25, 0.3) is 0 Å². The molecule has 1 amide bonds. The first kappa shape index (κ1) is 16.5. The lowest BCUT2D eigenvalue weighted by molar-refractivity contribution is -0.116. The van der Waals surface area contributed by atoms with Crippen molar-refractivity contribution in [3.8, 4) is 0 Å². The third-order valence-corrected chi connectivity index (χ3v) is 3.07. The van der Waals surface area contributed by atoms with Gasteiger partial charge in [-0.1, -0.05) is 0 Å². The van der Waals surface area contributed by atoms with Crippen molar-refractivity contribution in [1.29, 1.82) is 0 Å². The largest absolute Gasteiger partial charge is 0.399 e. The van der Waals surface area contributed by atoms with Gasteiger partial charge in [-0.15, -0.1) is 0 Å². The molecule has 0 aliphatic rings. The van der Waals surface area contributed by atoms with Gasteiger partial charge in [-0.05, 0) is 44.7 Å². The first-order chi connectivity index (χ1) is 9.52. The minimum atomic E-state index is 0.0149. The maximum absolute atomic E-state index is 11.9. The fourth-order valence-corrected chi connectivity index (χ4v) is 1.81. The molecular weight excluding hydrogens is 254 g/mol. The van der Waals surface area contributed by atoms with Crippen LogP contribution in [0.5, 0.6) is 0 Å². The quantitative estimate of drug-likeness (QED) is 0.563. The van der Waals surface area contributed by atoms with Crippen LogP contribution in [0.15, 0.2) is 18.2 Å². The van der Waals surface area contributed by atoms with Crippen LogP contribution in [0.25, 0.3) is 0 Å². The summed E-state index contributed by atoms with van der Waals surface area (Å²) < 4.78 is 5.28. The van der Waals surface area contributed by atoms with Crippen LogP contribution in [-0.4, -0.2) is 44.2 Å². The van der Waals surface area contributed by atoms with E-state index in [0.29, 0.717) is 25.3 Å². The van der Waals surface area contributed by atoms with Crippen molar-refractivity contribution in [3.05, 3.63) is 23.8 Å². The zero-order valence-electron chi connectivity index (χ0n) is 12.6. The standard InChI is InChI=1S/C15H25N3O2/c1-4-20-10-9-18(3)8-7-15(19)17-14-6-5-13(16)11-12(14)2/h5-6,11H,4,7-10,16H2,1-3H3,(H,17,19). The number of carbonyl (C=O) groups excluding carboxylic acids is 1. The molecule has 0 saturated carbocycles. The summed E-state index contributed by atoms with van der Waals surface area (Å²) in [6, 6.07) is 5.47. The predicted octanol–water partition coefficient (Wildman–Crippen LogP) is 1.87. The molecule has 112 valence electrons. The van der Waals surface area contributed by atoms with E-state index in [1.165, 1.54) is 0 Å². The van der Waals surface area contributed by atoms with Crippen LogP contribution < -0.4 is 11.1 Å². The molecule has 0 saturated heterocycles. The zero-order chi connectivity index (χ0) is 15.0. The molecule has 1 aromatic rings. The molecule has 0 atom stereocenters. The summed E-state index contributed by atoms with van der Waals surface area (Å²) in [5.74, 6) is 0.0149. The third kappa shape index (κ3) is 6.04. The molecule has 0 bridgehead atoms. The van der Waals surface area contributed by atoms with Gasteiger partial charge >= 0.3 is 0 Å². The molecule has 5 heteroatoms. The summed E-state index contributed by atoms with van der Waals surface area (Å²) in [6.07, 6.45) is 0.465. The monoisotopic (exact) mass is 279 g/mol. The lowest BCUT2D eigenvalue weighted by Gasteiger charge is -2.16. The number of likely N-dealkylation sites (N-methyl/N-ethyl adjacent to an activating group) is 1. The molecule has 1 rings (SSSR count). The number of nitrogens with zero attached hydrogens (tertiary/aromatic N) is 1. The van der Waals surface area contributed by atoms with Crippen LogP contribution in [0.4, 0.5) is 11.4 Å². The Bertz CT molecular complexity index is 435. The number of carbonyl (C=O) groups is 1. The van der Waals surface area contributed by atoms with E-state index in [9.17, 15) is 4.79 Å². The lowest BCUT2D eigenvalue weighted by atomic mass is 10.2. The summed E-state index contributed by atoms with van der Waals surface area (Å²) in [5, 5.41) is 2.91. The second kappa shape index (κ2) is 8.55. The SMILES string of the molecule is CCOCCN(C)CCC(=O)Nc1ccc(N)cc1C. The Labute approximate surface area is 121 Å². The second-order valence-corrected chi connectivity index (χ2v) is 4.87. The zero-order valence-corrected chi connectivity index (χ0v) is 12.6. The molecule has 20 heavy (non-hydrogen) atoms. The van der Waals surface area contributed by atoms with Gasteiger partial charge in [0.15, 0.2) is 0 Å². The number of benzene rings is 1. The average Bonchev–Trinajstić information content (AvgIpc) is 2.40. The number of aryl methyl sites for hydroxylation is 1. The summed E-state index contributed by atoms with van der Waals surface area (Å²) >= 11 is 0. The third-order valence-electron chi connectivity index (χ3n) is 3.07. The average molecular weight is 279 g/mol. The summed E-state index contributed by atoms with van der Waals surface area (Å²) in [5.41, 5.74) is 8.18. The molecule has 0 spiro atoms. The van der Waals surface area contributed by atoms with Crippen LogP contribution in [-0.2, 0) is 9.53 Å². The number of rotatable bonds is 8. The van der Waals surface area contributed by atoms with Crippen molar-refractivity contribution in [2.75, 3.05) is 44.4 Å². The van der Waals surface area contributed by atoms with Gasteiger partial charge in [-0.3, -0.25) is 4.79 Å². The second-order valence-electron chi connectivity index (χ2n) is 4.87. The van der Waals surface area contributed by atoms with E-state index in [0.717, 1.165) is 24.4 Å². The fourth-order valence-electron chi connectivity index (χ4n) is 1.81. The number of nitrogens with one attached hydrogen (secondary N) is 1. The normalized spacial score (nSPS) is 10.8. The maximum atomic E-state index is 11.9. The molecular formula is C15H25N3O2. The summed E-state index contributed by atoms with van der Waals surface area (Å²) in [4.78, 5) is 14.0. The first-order valence-electron chi connectivity index (χ1n) is 6.95. The van der Waals surface area contributed by atoms with Gasteiger partial charge < -0.3 is 20.7 Å². The van der Waals surface area contributed by atoms with Crippen LogP contribution in [0.3, 0.4) is 0 Å². The van der Waals surface area contributed by atoms with E-state index in [1.807, 2.05) is 33.0 Å². The highest BCUT2D eigenvalue weighted by molar-refractivity contribution is 5.91. The highest BCUT2D eigenvalue weighted by atomic mass is 16.5. The molecule has 0 aliphatic carbocycles. The van der Waals surface area contributed by atoms with Crippen molar-refractivity contribution in [2.24, 2.45) is 0 Å². The topological polar surface area (TPSA) is 67.6 Å². The molecule has 0 radical (unpaired) electrons. The summed E-state index contributed by atoms with van der Waals surface area (Å²) in [7, 11) is 1.99. The van der Waals surface area contributed by atoms with Crippen LogP contribution in [0.1, 0.15) is 18.9 Å². The number of hydrogen-bond donors (Lipinski definition) is 2. The number of anilines is 2. The van der Waals surface area contributed by atoms with Gasteiger partial charge in [0.2, 0.25) is 5.91 Å². The van der Waals surface area contributed by atoms with E-state index < -0.39 is 0 Å². The maximum Gasteiger partial charge on any atom is 0.225 e. The smallest absolute Gasteiger partial charge is 0.225 e. The van der Waals surface area contributed by atoms with E-state index >= 15 is 0 Å².